The van der Waals surface area contributed by atoms with Gasteiger partial charge in [0, 0.05) is 45.0 Å². The van der Waals surface area contributed by atoms with Crippen LogP contribution in [0, 0.1) is 11.8 Å². The molecule has 7 nitrogen and oxygen atoms in total. The van der Waals surface area contributed by atoms with E-state index in [2.05, 4.69) is 19.9 Å². The second-order valence-electron chi connectivity index (χ2n) is 7.51. The van der Waals surface area contributed by atoms with Gasteiger partial charge < -0.3 is 14.0 Å². The topological polar surface area (TPSA) is 77.1 Å². The monoisotopic (exact) mass is 377 g/mol. The molecule has 2 aromatic rings. The average molecular weight is 378 g/mol. The van der Waals surface area contributed by atoms with Gasteiger partial charge in [-0.1, -0.05) is 16.8 Å². The highest BCUT2D eigenvalue weighted by Gasteiger charge is 2.27. The highest BCUT2D eigenvalue weighted by Crippen LogP contribution is 2.31. The third-order valence-corrected chi connectivity index (χ3v) is 5.48. The summed E-state index contributed by atoms with van der Waals surface area (Å²) in [7, 11) is 0. The molecule has 0 N–H and O–H groups in total. The highest BCUT2D eigenvalue weighted by molar-refractivity contribution is 6.29. The van der Waals surface area contributed by atoms with E-state index in [1.807, 2.05) is 11.2 Å². The number of piperidine rings is 1. The van der Waals surface area contributed by atoms with Gasteiger partial charge in [-0.15, -0.1) is 10.2 Å². The number of nitrogens with zero attached hydrogens (tertiary/aromatic N) is 5. The minimum Gasteiger partial charge on any atom is -0.360 e. The van der Waals surface area contributed by atoms with Crippen molar-refractivity contribution < 1.29 is 9.32 Å². The maximum absolute atomic E-state index is 12.5. The molecule has 1 atom stereocenters. The first kappa shape index (κ1) is 17.5. The quantitative estimate of drug-likeness (QED) is 0.741. The van der Waals surface area contributed by atoms with Gasteiger partial charge in [0.15, 0.2) is 5.15 Å². The van der Waals surface area contributed by atoms with Crippen molar-refractivity contribution in [1.29, 1.82) is 0 Å². The fourth-order valence-electron chi connectivity index (χ4n) is 3.68. The lowest BCUT2D eigenvalue weighted by Gasteiger charge is -2.32. The molecule has 4 rings (SSSR count). The van der Waals surface area contributed by atoms with E-state index in [-0.39, 0.29) is 5.91 Å². The van der Waals surface area contributed by atoms with E-state index in [0.717, 1.165) is 50.6 Å². The number of carbonyl (C=O) groups excluding carboxylic acids is 1. The summed E-state index contributed by atoms with van der Waals surface area (Å²) in [5.74, 6) is 3.15. The molecule has 0 bridgehead atoms. The van der Waals surface area contributed by atoms with Crippen molar-refractivity contribution in [2.75, 3.05) is 13.1 Å². The van der Waals surface area contributed by atoms with Crippen molar-refractivity contribution in [3.63, 3.8) is 0 Å². The second kappa shape index (κ2) is 7.78. The summed E-state index contributed by atoms with van der Waals surface area (Å²) < 4.78 is 7.27. The Labute approximate surface area is 157 Å². The summed E-state index contributed by atoms with van der Waals surface area (Å²) in [6, 6.07) is 1.67. The summed E-state index contributed by atoms with van der Waals surface area (Å²) >= 11 is 5.75. The number of carbonyl (C=O) groups is 1. The molecular formula is C18H24ClN5O2. The predicted molar refractivity (Wildman–Crippen MR) is 95.6 cm³/mol. The molecule has 1 unspecified atom stereocenters. The van der Waals surface area contributed by atoms with E-state index < -0.39 is 0 Å². The first-order chi connectivity index (χ1) is 12.7. The molecule has 0 radical (unpaired) electrons. The second-order valence-corrected chi connectivity index (χ2v) is 7.90. The number of hydrogen-bond donors (Lipinski definition) is 0. The third-order valence-electron chi connectivity index (χ3n) is 5.31. The van der Waals surface area contributed by atoms with Gasteiger partial charge in [0.25, 0.3) is 0 Å². The van der Waals surface area contributed by atoms with E-state index in [1.54, 1.807) is 6.07 Å². The van der Waals surface area contributed by atoms with Gasteiger partial charge in [0.05, 0.1) is 0 Å². The van der Waals surface area contributed by atoms with Gasteiger partial charge in [-0.2, -0.15) is 0 Å². The van der Waals surface area contributed by atoms with Crippen LogP contribution in [0.3, 0.4) is 0 Å². The molecule has 26 heavy (non-hydrogen) atoms. The van der Waals surface area contributed by atoms with Gasteiger partial charge >= 0.3 is 0 Å². The smallest absolute Gasteiger partial charge is 0.223 e. The molecule has 1 amide bonds. The van der Waals surface area contributed by atoms with Crippen molar-refractivity contribution in [1.82, 2.24) is 24.8 Å². The molecule has 1 aliphatic heterocycles. The normalized spacial score (nSPS) is 20.5. The summed E-state index contributed by atoms with van der Waals surface area (Å²) in [5.41, 5.74) is 0. The van der Waals surface area contributed by atoms with Crippen LogP contribution < -0.4 is 0 Å². The van der Waals surface area contributed by atoms with Crippen molar-refractivity contribution in [3.8, 4) is 0 Å². The Kier molecular flexibility index (Phi) is 5.24. The molecule has 140 valence electrons. The van der Waals surface area contributed by atoms with Crippen LogP contribution in [0.25, 0.3) is 0 Å². The van der Waals surface area contributed by atoms with Gasteiger partial charge in [-0.3, -0.25) is 4.79 Å². The van der Waals surface area contributed by atoms with Crippen LogP contribution in [0.5, 0.6) is 0 Å². The van der Waals surface area contributed by atoms with Crippen molar-refractivity contribution in [2.24, 2.45) is 11.8 Å². The van der Waals surface area contributed by atoms with E-state index in [1.165, 1.54) is 12.8 Å². The molecule has 8 heteroatoms. The summed E-state index contributed by atoms with van der Waals surface area (Å²) in [4.78, 5) is 14.5. The molecule has 1 saturated carbocycles. The molecule has 2 aromatic heterocycles. The minimum atomic E-state index is 0.168. The molecule has 3 heterocycles. The number of halogens is 1. The van der Waals surface area contributed by atoms with Crippen molar-refractivity contribution in [3.05, 3.63) is 29.1 Å². The summed E-state index contributed by atoms with van der Waals surface area (Å²) in [6.07, 6.45) is 8.53. The molecule has 1 saturated heterocycles. The van der Waals surface area contributed by atoms with E-state index >= 15 is 0 Å². The molecular weight excluding hydrogens is 354 g/mol. The lowest BCUT2D eigenvalue weighted by Crippen LogP contribution is -2.40. The largest absolute Gasteiger partial charge is 0.360 e. The first-order valence-electron chi connectivity index (χ1n) is 9.43. The summed E-state index contributed by atoms with van der Waals surface area (Å²) in [6.45, 7) is 2.67. The predicted octanol–water partition coefficient (Wildman–Crippen LogP) is 2.74. The fraction of sp³-hybridized carbons (Fsp3) is 0.667. The molecule has 2 fully saturated rings. The highest BCUT2D eigenvalue weighted by atomic mass is 35.5. The minimum absolute atomic E-state index is 0.168. The number of amides is 1. The standard InChI is InChI=1S/C18H24ClN5O2/c19-16-9-15(26-22-16)5-6-18(25)23-7-1-2-14(11-23)8-17-21-20-12-24(17)10-13-3-4-13/h9,12-14H,1-8,10-11H2. The van der Waals surface area contributed by atoms with Crippen LogP contribution in [0.2, 0.25) is 5.15 Å². The Morgan fingerprint density at radius 3 is 2.96 bits per heavy atom. The fourth-order valence-corrected chi connectivity index (χ4v) is 3.83. The van der Waals surface area contributed by atoms with Crippen molar-refractivity contribution >= 4 is 17.5 Å². The van der Waals surface area contributed by atoms with Crippen LogP contribution in [-0.2, 0) is 24.2 Å². The third kappa shape index (κ3) is 4.44. The maximum atomic E-state index is 12.5. The SMILES string of the molecule is O=C(CCc1cc(Cl)no1)N1CCCC(Cc2nncn2CC2CC2)C1. The maximum Gasteiger partial charge on any atom is 0.223 e. The number of likely N-dealkylation sites (tertiary alicyclic amines) is 1. The van der Waals surface area contributed by atoms with Gasteiger partial charge in [-0.05, 0) is 37.5 Å². The van der Waals surface area contributed by atoms with Crippen LogP contribution in [0.1, 0.15) is 43.7 Å². The van der Waals surface area contributed by atoms with Gasteiger partial charge in [0.2, 0.25) is 5.91 Å². The zero-order valence-electron chi connectivity index (χ0n) is 14.8. The van der Waals surface area contributed by atoms with E-state index in [4.69, 9.17) is 16.1 Å². The number of aromatic nitrogens is 4. The molecule has 0 spiro atoms. The zero-order valence-corrected chi connectivity index (χ0v) is 15.6. The molecule has 0 aromatic carbocycles. The Hall–Kier alpha value is -1.89. The Morgan fingerprint density at radius 1 is 1.31 bits per heavy atom. The van der Waals surface area contributed by atoms with Gasteiger partial charge in [0.1, 0.15) is 17.9 Å². The van der Waals surface area contributed by atoms with Gasteiger partial charge in [-0.25, -0.2) is 0 Å². The zero-order chi connectivity index (χ0) is 17.9. The Morgan fingerprint density at radius 2 is 2.19 bits per heavy atom. The summed E-state index contributed by atoms with van der Waals surface area (Å²) in [5, 5.41) is 12.4. The van der Waals surface area contributed by atoms with Crippen LogP contribution in [-0.4, -0.2) is 43.8 Å². The molecule has 2 aliphatic rings. The average Bonchev–Trinajstić information content (AvgIpc) is 3.20. The Bertz CT molecular complexity index is 754. The first-order valence-corrected chi connectivity index (χ1v) is 9.80. The number of rotatable bonds is 7. The van der Waals surface area contributed by atoms with E-state index in [0.29, 0.717) is 29.7 Å². The van der Waals surface area contributed by atoms with E-state index in [9.17, 15) is 4.79 Å². The van der Waals surface area contributed by atoms with Crippen molar-refractivity contribution in [2.45, 2.75) is 51.5 Å². The van der Waals surface area contributed by atoms with Crippen LogP contribution >= 0.6 is 11.6 Å². The number of aryl methyl sites for hydroxylation is 1. The Balaban J connectivity index is 1.29. The van der Waals surface area contributed by atoms with Crippen LogP contribution in [0.15, 0.2) is 16.9 Å². The van der Waals surface area contributed by atoms with Crippen LogP contribution in [0.4, 0.5) is 0 Å². The lowest BCUT2D eigenvalue weighted by molar-refractivity contribution is -0.133. The number of hydrogen-bond acceptors (Lipinski definition) is 5. The lowest BCUT2D eigenvalue weighted by atomic mass is 9.94. The molecule has 1 aliphatic carbocycles.